The number of rotatable bonds is 2. The van der Waals surface area contributed by atoms with E-state index in [9.17, 15) is 8.78 Å². The molecule has 8 heteroatoms. The van der Waals surface area contributed by atoms with Gasteiger partial charge < -0.3 is 19.9 Å². The number of imidazole rings is 2. The van der Waals surface area contributed by atoms with Crippen LogP contribution in [0.4, 0.5) is 8.78 Å². The van der Waals surface area contributed by atoms with Crippen LogP contribution >= 0.6 is 24.4 Å². The smallest absolute Gasteiger partial charge is 0.174 e. The Morgan fingerprint density at radius 2 is 1.38 bits per heavy atom. The Hall–Kier alpha value is -2.84. The van der Waals surface area contributed by atoms with Gasteiger partial charge in [0.25, 0.3) is 0 Å². The van der Waals surface area contributed by atoms with Crippen molar-refractivity contribution in [2.75, 3.05) is 0 Å². The molecule has 2 aromatic carbocycles. The van der Waals surface area contributed by atoms with Crippen molar-refractivity contribution in [3.8, 4) is 22.5 Å². The minimum Gasteiger partial charge on any atom is -0.337 e. The quantitative estimate of drug-likeness (QED) is 0.330. The highest BCUT2D eigenvalue weighted by atomic mass is 32.1. The zero-order valence-corrected chi connectivity index (χ0v) is 15.0. The molecule has 0 aliphatic carbocycles. The van der Waals surface area contributed by atoms with Crippen LogP contribution in [-0.4, -0.2) is 19.9 Å². The fourth-order valence-electron chi connectivity index (χ4n) is 2.30. The highest BCUT2D eigenvalue weighted by molar-refractivity contribution is 7.71. The molecule has 0 amide bonds. The minimum atomic E-state index is -0.257. The molecule has 4 N–H and O–H groups in total. The summed E-state index contributed by atoms with van der Waals surface area (Å²) in [6, 6.07) is 12.9. The topological polar surface area (TPSA) is 63.2 Å². The van der Waals surface area contributed by atoms with Gasteiger partial charge in [-0.3, -0.25) is 0 Å². The summed E-state index contributed by atoms with van der Waals surface area (Å²) in [5.74, 6) is -0.509. The first-order chi connectivity index (χ1) is 12.5. The summed E-state index contributed by atoms with van der Waals surface area (Å²) in [4.78, 5) is 11.4. The maximum absolute atomic E-state index is 13.2. The molecule has 0 aliphatic heterocycles. The highest BCUT2D eigenvalue weighted by Gasteiger charge is 2.03. The second-order valence-corrected chi connectivity index (χ2v) is 6.12. The lowest BCUT2D eigenvalue weighted by atomic mass is 10.1. The molecule has 2 aromatic heterocycles. The van der Waals surface area contributed by atoms with Gasteiger partial charge in [0.15, 0.2) is 9.54 Å². The predicted octanol–water partition coefficient (Wildman–Crippen LogP) is 5.76. The van der Waals surface area contributed by atoms with Gasteiger partial charge in [-0.1, -0.05) is 24.3 Å². The third-order valence-corrected chi connectivity index (χ3v) is 3.93. The Balaban J connectivity index is 0.000000151. The summed E-state index contributed by atoms with van der Waals surface area (Å²) >= 11 is 9.70. The van der Waals surface area contributed by atoms with Crippen LogP contribution in [0.2, 0.25) is 0 Å². The molecular formula is C18H14F2N4S2. The Bertz CT molecular complexity index is 1120. The van der Waals surface area contributed by atoms with Gasteiger partial charge in [0.2, 0.25) is 0 Å². The average Bonchev–Trinajstić information content (AvgIpc) is 3.24. The van der Waals surface area contributed by atoms with Crippen molar-refractivity contribution in [2.24, 2.45) is 0 Å². The van der Waals surface area contributed by atoms with Crippen LogP contribution in [0.15, 0.2) is 60.9 Å². The molecule has 0 unspecified atom stereocenters. The molecule has 0 spiro atoms. The molecule has 0 aliphatic rings. The summed E-state index contributed by atoms with van der Waals surface area (Å²) in [7, 11) is 0. The van der Waals surface area contributed by atoms with E-state index in [1.165, 1.54) is 18.2 Å². The van der Waals surface area contributed by atoms with Crippen molar-refractivity contribution in [3.05, 3.63) is 82.1 Å². The van der Waals surface area contributed by atoms with E-state index in [-0.39, 0.29) is 11.6 Å². The van der Waals surface area contributed by atoms with E-state index in [1.807, 2.05) is 6.07 Å². The van der Waals surface area contributed by atoms with Crippen LogP contribution in [0.1, 0.15) is 0 Å². The van der Waals surface area contributed by atoms with Crippen LogP contribution in [0.25, 0.3) is 22.5 Å². The summed E-state index contributed by atoms with van der Waals surface area (Å²) in [5, 5.41) is 0. The van der Waals surface area contributed by atoms with Gasteiger partial charge >= 0.3 is 0 Å². The van der Waals surface area contributed by atoms with Gasteiger partial charge in [-0.25, -0.2) is 8.78 Å². The van der Waals surface area contributed by atoms with Crippen LogP contribution in [0.5, 0.6) is 0 Å². The van der Waals surface area contributed by atoms with Crippen molar-refractivity contribution in [1.29, 1.82) is 0 Å². The first-order valence-electron chi connectivity index (χ1n) is 7.59. The number of halogens is 2. The largest absolute Gasteiger partial charge is 0.337 e. The Morgan fingerprint density at radius 1 is 0.731 bits per heavy atom. The zero-order valence-electron chi connectivity index (χ0n) is 13.3. The van der Waals surface area contributed by atoms with Gasteiger partial charge in [-0.15, -0.1) is 0 Å². The van der Waals surface area contributed by atoms with E-state index in [4.69, 9.17) is 24.4 Å². The first-order valence-corrected chi connectivity index (χ1v) is 8.41. The van der Waals surface area contributed by atoms with E-state index in [0.29, 0.717) is 20.8 Å². The highest BCUT2D eigenvalue weighted by Crippen LogP contribution is 2.19. The third-order valence-electron chi connectivity index (χ3n) is 3.49. The van der Waals surface area contributed by atoms with Crippen molar-refractivity contribution < 1.29 is 8.78 Å². The molecule has 0 atom stereocenters. The van der Waals surface area contributed by atoms with Crippen LogP contribution in [0.3, 0.4) is 0 Å². The molecule has 0 saturated heterocycles. The van der Waals surface area contributed by atoms with E-state index < -0.39 is 0 Å². The minimum absolute atomic E-state index is 0.252. The summed E-state index contributed by atoms with van der Waals surface area (Å²) in [6.07, 6.45) is 3.37. The normalized spacial score (nSPS) is 10.2. The first kappa shape index (κ1) is 18.0. The second-order valence-electron chi connectivity index (χ2n) is 5.30. The van der Waals surface area contributed by atoms with Gasteiger partial charge in [0.1, 0.15) is 11.6 Å². The molecule has 0 radical (unpaired) electrons. The number of aromatic amines is 4. The van der Waals surface area contributed by atoms with Gasteiger partial charge in [-0.2, -0.15) is 0 Å². The number of hydrogen-bond acceptors (Lipinski definition) is 2. The second kappa shape index (κ2) is 8.03. The molecule has 2 heterocycles. The van der Waals surface area contributed by atoms with E-state index in [2.05, 4.69) is 19.9 Å². The molecule has 0 bridgehead atoms. The lowest BCUT2D eigenvalue weighted by Gasteiger charge is -1.97. The maximum Gasteiger partial charge on any atom is 0.174 e. The van der Waals surface area contributed by atoms with Crippen LogP contribution in [-0.2, 0) is 0 Å². The SMILES string of the molecule is Fc1cccc(-c2c[nH]c(=S)[nH]2)c1.Fc1ccccc1-c1c[nH]c(=S)[nH]1. The number of nitrogens with one attached hydrogen (secondary N) is 4. The number of hydrogen-bond donors (Lipinski definition) is 4. The Morgan fingerprint density at radius 3 is 1.96 bits per heavy atom. The molecule has 4 rings (SSSR count). The fourth-order valence-corrected chi connectivity index (χ4v) is 2.64. The van der Waals surface area contributed by atoms with Crippen molar-refractivity contribution in [3.63, 3.8) is 0 Å². The van der Waals surface area contributed by atoms with Gasteiger partial charge in [0, 0.05) is 23.5 Å². The molecule has 4 nitrogen and oxygen atoms in total. The predicted molar refractivity (Wildman–Crippen MR) is 103 cm³/mol. The average molecular weight is 388 g/mol. The number of benzene rings is 2. The van der Waals surface area contributed by atoms with Crippen LogP contribution < -0.4 is 0 Å². The van der Waals surface area contributed by atoms with Gasteiger partial charge in [-0.05, 0) is 48.7 Å². The molecule has 0 saturated carbocycles. The van der Waals surface area contributed by atoms with E-state index in [1.54, 1.807) is 36.7 Å². The van der Waals surface area contributed by atoms with Gasteiger partial charge in [0.05, 0.1) is 11.4 Å². The zero-order chi connectivity index (χ0) is 18.5. The fraction of sp³-hybridized carbons (Fsp3) is 0. The Kier molecular flexibility index (Phi) is 5.55. The summed E-state index contributed by atoms with van der Waals surface area (Å²) in [5.41, 5.74) is 2.77. The standard InChI is InChI=1S/2C9H7FN2S/c10-7-3-1-2-6(4-7)8-5-11-9(13)12-8;10-7-4-2-1-3-6(7)8-5-11-9(13)12-8/h2*1-5H,(H2,11,12,13). The summed E-state index contributed by atoms with van der Waals surface area (Å²) in [6.45, 7) is 0. The van der Waals surface area contributed by atoms with Crippen LogP contribution in [0, 0.1) is 21.2 Å². The third kappa shape index (κ3) is 4.41. The molecule has 0 fully saturated rings. The van der Waals surface area contributed by atoms with Crippen molar-refractivity contribution >= 4 is 24.4 Å². The Labute approximate surface area is 158 Å². The molecular weight excluding hydrogens is 374 g/mol. The number of aromatic nitrogens is 4. The number of H-pyrrole nitrogens is 4. The van der Waals surface area contributed by atoms with Crippen molar-refractivity contribution in [2.45, 2.75) is 0 Å². The summed E-state index contributed by atoms with van der Waals surface area (Å²) < 4.78 is 27.1. The molecule has 26 heavy (non-hydrogen) atoms. The lowest BCUT2D eigenvalue weighted by Crippen LogP contribution is -1.82. The maximum atomic E-state index is 13.2. The lowest BCUT2D eigenvalue weighted by molar-refractivity contribution is 0.628. The van der Waals surface area contributed by atoms with E-state index >= 15 is 0 Å². The van der Waals surface area contributed by atoms with E-state index in [0.717, 1.165) is 11.3 Å². The monoisotopic (exact) mass is 388 g/mol. The van der Waals surface area contributed by atoms with Crippen molar-refractivity contribution in [1.82, 2.24) is 19.9 Å². The molecule has 4 aromatic rings. The molecule has 132 valence electrons.